The molecule has 7 heteroatoms. The first-order chi connectivity index (χ1) is 15.0. The number of hydrogen-bond donors (Lipinski definition) is 0. The minimum absolute atomic E-state index is 0.0806. The number of ketones is 1. The van der Waals surface area contributed by atoms with E-state index in [0.29, 0.717) is 17.0 Å². The molecule has 0 N–H and O–H groups in total. The zero-order chi connectivity index (χ0) is 21.5. The lowest BCUT2D eigenvalue weighted by Crippen LogP contribution is -2.31. The molecule has 1 aromatic heterocycles. The fourth-order valence-electron chi connectivity index (χ4n) is 4.19. The van der Waals surface area contributed by atoms with Crippen LogP contribution >= 0.6 is 22.9 Å². The predicted molar refractivity (Wildman–Crippen MR) is 122 cm³/mol. The van der Waals surface area contributed by atoms with Crippen molar-refractivity contribution >= 4 is 62.4 Å². The van der Waals surface area contributed by atoms with Gasteiger partial charge in [0.2, 0.25) is 5.91 Å². The van der Waals surface area contributed by atoms with Gasteiger partial charge in [-0.05, 0) is 48.2 Å². The van der Waals surface area contributed by atoms with E-state index in [9.17, 15) is 14.4 Å². The highest BCUT2D eigenvalue weighted by atomic mass is 35.5. The summed E-state index contributed by atoms with van der Waals surface area (Å²) in [5.74, 6) is -0.806. The van der Waals surface area contributed by atoms with Gasteiger partial charge in [0.15, 0.2) is 12.4 Å². The molecule has 5 rings (SSSR count). The van der Waals surface area contributed by atoms with Gasteiger partial charge in [0.05, 0.1) is 17.1 Å². The van der Waals surface area contributed by atoms with E-state index < -0.39 is 5.97 Å². The number of benzene rings is 2. The van der Waals surface area contributed by atoms with Crippen molar-refractivity contribution in [3.05, 3.63) is 69.1 Å². The summed E-state index contributed by atoms with van der Waals surface area (Å²) in [4.78, 5) is 39.5. The molecule has 0 saturated heterocycles. The van der Waals surface area contributed by atoms with Gasteiger partial charge in [0.1, 0.15) is 0 Å². The topological polar surface area (TPSA) is 63.7 Å². The number of amides is 1. The maximum Gasteiger partial charge on any atom is 0.331 e. The molecule has 156 valence electrons. The molecular formula is C24H18ClNO4S. The molecule has 3 aromatic rings. The normalized spacial score (nSPS) is 15.0. The van der Waals surface area contributed by atoms with Gasteiger partial charge in [-0.25, -0.2) is 4.79 Å². The van der Waals surface area contributed by atoms with E-state index in [1.807, 2.05) is 35.2 Å². The third-order valence-electron chi connectivity index (χ3n) is 5.61. The number of esters is 1. The standard InChI is InChI=1S/C24H18ClNO4S/c25-23-17-5-1-2-6-19(17)31-20(23)7-8-22(29)30-13-18(27)15-10-14-4-3-9-26-21(28)12-16(11-15)24(14)26/h1-2,5-8,10-11H,3-4,9,12-13H2/b8-7+. The van der Waals surface area contributed by atoms with E-state index in [2.05, 4.69) is 0 Å². The van der Waals surface area contributed by atoms with Crippen molar-refractivity contribution in [2.75, 3.05) is 18.1 Å². The third-order valence-corrected chi connectivity index (χ3v) is 7.26. The lowest BCUT2D eigenvalue weighted by atomic mass is 9.95. The van der Waals surface area contributed by atoms with Crippen LogP contribution in [-0.4, -0.2) is 30.8 Å². The Morgan fingerprint density at radius 2 is 2.00 bits per heavy atom. The number of carbonyl (C=O) groups excluding carboxylic acids is 3. The van der Waals surface area contributed by atoms with E-state index in [-0.39, 0.29) is 18.3 Å². The quantitative estimate of drug-likeness (QED) is 0.316. The van der Waals surface area contributed by atoms with Gasteiger partial charge in [-0.2, -0.15) is 0 Å². The SMILES string of the molecule is O=C(/C=C/c1sc2ccccc2c1Cl)OCC(=O)c1cc2c3c(c1)CC(=O)N3CCC2. The Hall–Kier alpha value is -2.96. The van der Waals surface area contributed by atoms with Crippen LogP contribution in [0.15, 0.2) is 42.5 Å². The minimum Gasteiger partial charge on any atom is -0.454 e. The Kier molecular flexibility index (Phi) is 5.12. The number of fused-ring (bicyclic) bond motifs is 1. The van der Waals surface area contributed by atoms with Crippen LogP contribution in [0.1, 0.15) is 32.8 Å². The van der Waals surface area contributed by atoms with Crippen LogP contribution in [-0.2, 0) is 27.2 Å². The van der Waals surface area contributed by atoms with Gasteiger partial charge in [-0.1, -0.05) is 29.8 Å². The predicted octanol–water partition coefficient (Wildman–Crippen LogP) is 4.83. The second-order valence-electron chi connectivity index (χ2n) is 7.61. The van der Waals surface area contributed by atoms with Crippen molar-refractivity contribution < 1.29 is 19.1 Å². The zero-order valence-corrected chi connectivity index (χ0v) is 18.1. The molecule has 0 atom stereocenters. The highest BCUT2D eigenvalue weighted by Crippen LogP contribution is 2.38. The number of nitrogens with zero attached hydrogens (tertiary/aromatic N) is 1. The highest BCUT2D eigenvalue weighted by Gasteiger charge is 2.32. The van der Waals surface area contributed by atoms with Gasteiger partial charge in [-0.3, -0.25) is 9.59 Å². The molecule has 0 spiro atoms. The van der Waals surface area contributed by atoms with Crippen LogP contribution in [0.3, 0.4) is 0 Å². The first-order valence-corrected chi connectivity index (χ1v) is 11.2. The Morgan fingerprint density at radius 1 is 1.19 bits per heavy atom. The maximum absolute atomic E-state index is 12.6. The highest BCUT2D eigenvalue weighted by molar-refractivity contribution is 7.20. The summed E-state index contributed by atoms with van der Waals surface area (Å²) in [6, 6.07) is 11.3. The molecule has 2 aliphatic heterocycles. The summed E-state index contributed by atoms with van der Waals surface area (Å²) in [5, 5.41) is 1.53. The van der Waals surface area contributed by atoms with Gasteiger partial charge in [0.25, 0.3) is 0 Å². The molecular weight excluding hydrogens is 434 g/mol. The van der Waals surface area contributed by atoms with Crippen molar-refractivity contribution in [1.82, 2.24) is 0 Å². The second kappa shape index (κ2) is 7.94. The number of aryl methyl sites for hydroxylation is 1. The van der Waals surface area contributed by atoms with Crippen molar-refractivity contribution in [2.24, 2.45) is 0 Å². The Balaban J connectivity index is 1.26. The molecule has 5 nitrogen and oxygen atoms in total. The van der Waals surface area contributed by atoms with Crippen molar-refractivity contribution in [3.8, 4) is 0 Å². The van der Waals surface area contributed by atoms with Crippen molar-refractivity contribution in [3.63, 3.8) is 0 Å². The summed E-state index contributed by atoms with van der Waals surface area (Å²) in [7, 11) is 0. The number of rotatable bonds is 5. The number of anilines is 1. The van der Waals surface area contributed by atoms with Crippen LogP contribution in [0.2, 0.25) is 5.02 Å². The van der Waals surface area contributed by atoms with Crippen LogP contribution < -0.4 is 4.90 Å². The Morgan fingerprint density at radius 3 is 2.84 bits per heavy atom. The number of thiophene rings is 1. The molecule has 1 amide bonds. The number of ether oxygens (including phenoxy) is 1. The molecule has 31 heavy (non-hydrogen) atoms. The van der Waals surface area contributed by atoms with E-state index in [1.54, 1.807) is 12.1 Å². The molecule has 0 bridgehead atoms. The lowest BCUT2D eigenvalue weighted by Gasteiger charge is -2.25. The number of hydrogen-bond acceptors (Lipinski definition) is 5. The minimum atomic E-state index is -0.606. The molecule has 3 heterocycles. The first-order valence-electron chi connectivity index (χ1n) is 10.0. The molecule has 0 fully saturated rings. The molecule has 2 aliphatic rings. The zero-order valence-electron chi connectivity index (χ0n) is 16.5. The summed E-state index contributed by atoms with van der Waals surface area (Å²) in [6.45, 7) is 0.388. The summed E-state index contributed by atoms with van der Waals surface area (Å²) in [5.41, 5.74) is 3.35. The molecule has 0 unspecified atom stereocenters. The summed E-state index contributed by atoms with van der Waals surface area (Å²) < 4.78 is 6.19. The van der Waals surface area contributed by atoms with E-state index >= 15 is 0 Å². The van der Waals surface area contributed by atoms with Gasteiger partial charge >= 0.3 is 5.97 Å². The van der Waals surface area contributed by atoms with Gasteiger partial charge in [0, 0.05) is 33.1 Å². The maximum atomic E-state index is 12.6. The van der Waals surface area contributed by atoms with Gasteiger partial charge in [-0.15, -0.1) is 11.3 Å². The van der Waals surface area contributed by atoms with E-state index in [1.165, 1.54) is 17.4 Å². The number of carbonyl (C=O) groups is 3. The monoisotopic (exact) mass is 451 g/mol. The first kappa shape index (κ1) is 20.0. The lowest BCUT2D eigenvalue weighted by molar-refractivity contribution is -0.136. The fourth-order valence-corrected chi connectivity index (χ4v) is 5.59. The van der Waals surface area contributed by atoms with Crippen LogP contribution in [0, 0.1) is 0 Å². The molecule has 0 saturated carbocycles. The van der Waals surface area contributed by atoms with Crippen molar-refractivity contribution in [1.29, 1.82) is 0 Å². The largest absolute Gasteiger partial charge is 0.454 e. The van der Waals surface area contributed by atoms with Crippen LogP contribution in [0.4, 0.5) is 5.69 Å². The number of Topliss-reactive ketones (excluding diaryl/α,β-unsaturated/α-hetero) is 1. The second-order valence-corrected chi connectivity index (χ2v) is 9.07. The van der Waals surface area contributed by atoms with Crippen LogP contribution in [0.25, 0.3) is 16.2 Å². The Bertz CT molecular complexity index is 1280. The van der Waals surface area contributed by atoms with Crippen LogP contribution in [0.5, 0.6) is 0 Å². The van der Waals surface area contributed by atoms with Gasteiger partial charge < -0.3 is 9.64 Å². The summed E-state index contributed by atoms with van der Waals surface area (Å²) in [6.07, 6.45) is 4.94. The molecule has 0 aliphatic carbocycles. The van der Waals surface area contributed by atoms with Crippen molar-refractivity contribution in [2.45, 2.75) is 19.3 Å². The van der Waals surface area contributed by atoms with E-state index in [4.69, 9.17) is 16.3 Å². The Labute approximate surface area is 187 Å². The fraction of sp³-hybridized carbons (Fsp3) is 0.208. The van der Waals surface area contributed by atoms with E-state index in [0.717, 1.165) is 51.2 Å². The molecule has 2 aromatic carbocycles. The number of halogens is 1. The molecule has 0 radical (unpaired) electrons. The third kappa shape index (κ3) is 3.66. The average molecular weight is 452 g/mol. The average Bonchev–Trinajstić information content (AvgIpc) is 3.28. The summed E-state index contributed by atoms with van der Waals surface area (Å²) >= 11 is 7.86. The smallest absolute Gasteiger partial charge is 0.331 e.